The highest BCUT2D eigenvalue weighted by molar-refractivity contribution is 5.63. The van der Waals surface area contributed by atoms with Gasteiger partial charge >= 0.3 is 0 Å². The van der Waals surface area contributed by atoms with Gasteiger partial charge in [-0.05, 0) is 25.8 Å². The summed E-state index contributed by atoms with van der Waals surface area (Å²) in [5.74, 6) is 0. The van der Waals surface area contributed by atoms with Gasteiger partial charge in [-0.3, -0.25) is 10.1 Å². The second-order valence-corrected chi connectivity index (χ2v) is 5.34. The monoisotopic (exact) mass is 279 g/mol. The molecule has 0 bridgehead atoms. The number of hydrogen-bond acceptors (Lipinski definition) is 5. The van der Waals surface area contributed by atoms with Crippen molar-refractivity contribution < 1.29 is 10.0 Å². The first kappa shape index (κ1) is 14.6. The number of nitro benzene ring substituents is 1. The van der Waals surface area contributed by atoms with Crippen molar-refractivity contribution >= 4 is 17.1 Å². The van der Waals surface area contributed by atoms with Gasteiger partial charge in [0.05, 0.1) is 10.5 Å². The van der Waals surface area contributed by atoms with Gasteiger partial charge in [0.25, 0.3) is 5.69 Å². The third kappa shape index (κ3) is 3.60. The first-order chi connectivity index (χ1) is 9.52. The highest BCUT2D eigenvalue weighted by atomic mass is 16.6. The van der Waals surface area contributed by atoms with Crippen molar-refractivity contribution in [3.05, 3.63) is 28.3 Å². The molecule has 1 fully saturated rings. The molecule has 0 spiro atoms. The van der Waals surface area contributed by atoms with E-state index in [0.29, 0.717) is 24.5 Å². The summed E-state index contributed by atoms with van der Waals surface area (Å²) in [7, 11) is 0. The van der Waals surface area contributed by atoms with Crippen molar-refractivity contribution in [2.45, 2.75) is 38.2 Å². The SMILES string of the molecule is CCNc1cc(NCC2(O)CCCC2)cc([N+](=O)[O-])c1. The van der Waals surface area contributed by atoms with Crippen LogP contribution in [0, 0.1) is 10.1 Å². The lowest BCUT2D eigenvalue weighted by Gasteiger charge is -2.23. The maximum atomic E-state index is 10.9. The molecule has 1 aromatic rings. The van der Waals surface area contributed by atoms with Crippen molar-refractivity contribution in [2.75, 3.05) is 23.7 Å². The minimum atomic E-state index is -0.678. The van der Waals surface area contributed by atoms with E-state index in [-0.39, 0.29) is 5.69 Å². The summed E-state index contributed by atoms with van der Waals surface area (Å²) < 4.78 is 0. The summed E-state index contributed by atoms with van der Waals surface area (Å²) >= 11 is 0. The van der Waals surface area contributed by atoms with Gasteiger partial charge in [0.2, 0.25) is 0 Å². The van der Waals surface area contributed by atoms with E-state index < -0.39 is 10.5 Å². The Labute approximate surface area is 118 Å². The Morgan fingerprint density at radius 1 is 1.25 bits per heavy atom. The molecule has 0 heterocycles. The van der Waals surface area contributed by atoms with Gasteiger partial charge in [-0.2, -0.15) is 0 Å². The molecule has 2 rings (SSSR count). The Morgan fingerprint density at radius 3 is 2.40 bits per heavy atom. The van der Waals surface area contributed by atoms with Crippen molar-refractivity contribution in [1.82, 2.24) is 0 Å². The Kier molecular flexibility index (Phi) is 4.44. The molecule has 0 aliphatic heterocycles. The summed E-state index contributed by atoms with van der Waals surface area (Å²) in [4.78, 5) is 10.5. The molecule has 20 heavy (non-hydrogen) atoms. The first-order valence-corrected chi connectivity index (χ1v) is 7.02. The van der Waals surface area contributed by atoms with E-state index in [1.165, 1.54) is 12.1 Å². The molecule has 0 atom stereocenters. The Balaban J connectivity index is 2.11. The van der Waals surface area contributed by atoms with Crippen LogP contribution in [-0.4, -0.2) is 28.7 Å². The van der Waals surface area contributed by atoms with Gasteiger partial charge in [-0.15, -0.1) is 0 Å². The van der Waals surface area contributed by atoms with E-state index in [2.05, 4.69) is 10.6 Å². The van der Waals surface area contributed by atoms with Crippen molar-refractivity contribution in [2.24, 2.45) is 0 Å². The lowest BCUT2D eigenvalue weighted by Crippen LogP contribution is -2.33. The average molecular weight is 279 g/mol. The minimum absolute atomic E-state index is 0.0457. The number of non-ortho nitro benzene ring substituents is 1. The van der Waals surface area contributed by atoms with Crippen LogP contribution in [0.4, 0.5) is 17.1 Å². The van der Waals surface area contributed by atoms with Crippen molar-refractivity contribution in [3.63, 3.8) is 0 Å². The fourth-order valence-electron chi connectivity index (χ4n) is 2.60. The zero-order valence-corrected chi connectivity index (χ0v) is 11.7. The molecule has 0 amide bonds. The lowest BCUT2D eigenvalue weighted by molar-refractivity contribution is -0.384. The molecule has 6 heteroatoms. The maximum Gasteiger partial charge on any atom is 0.273 e. The lowest BCUT2D eigenvalue weighted by atomic mass is 10.0. The summed E-state index contributed by atoms with van der Waals surface area (Å²) in [5, 5.41) is 27.4. The Hall–Kier alpha value is -1.82. The fourth-order valence-corrected chi connectivity index (χ4v) is 2.60. The molecule has 1 aliphatic carbocycles. The molecular weight excluding hydrogens is 258 g/mol. The molecule has 1 aliphatic rings. The molecule has 3 N–H and O–H groups in total. The number of anilines is 2. The predicted molar refractivity (Wildman–Crippen MR) is 79.2 cm³/mol. The Morgan fingerprint density at radius 2 is 1.85 bits per heavy atom. The minimum Gasteiger partial charge on any atom is -0.388 e. The van der Waals surface area contributed by atoms with Gasteiger partial charge in [-0.1, -0.05) is 12.8 Å². The third-order valence-corrected chi connectivity index (χ3v) is 3.67. The second-order valence-electron chi connectivity index (χ2n) is 5.34. The maximum absolute atomic E-state index is 10.9. The van der Waals surface area contributed by atoms with E-state index in [4.69, 9.17) is 0 Å². The van der Waals surface area contributed by atoms with Gasteiger partial charge in [0, 0.05) is 36.6 Å². The van der Waals surface area contributed by atoms with Crippen LogP contribution in [0.5, 0.6) is 0 Å². The summed E-state index contributed by atoms with van der Waals surface area (Å²) in [6.45, 7) is 3.07. The molecular formula is C14H21N3O3. The normalized spacial score (nSPS) is 16.9. The van der Waals surface area contributed by atoms with Crippen LogP contribution in [0.1, 0.15) is 32.6 Å². The summed E-state index contributed by atoms with van der Waals surface area (Å²) in [6, 6.07) is 4.84. The number of aliphatic hydroxyl groups is 1. The van der Waals surface area contributed by atoms with Crippen LogP contribution in [0.2, 0.25) is 0 Å². The van der Waals surface area contributed by atoms with Crippen LogP contribution in [-0.2, 0) is 0 Å². The first-order valence-electron chi connectivity index (χ1n) is 7.02. The van der Waals surface area contributed by atoms with Crippen LogP contribution in [0.3, 0.4) is 0 Å². The number of rotatable bonds is 6. The molecule has 0 unspecified atom stereocenters. The number of benzene rings is 1. The number of nitrogens with one attached hydrogen (secondary N) is 2. The molecule has 0 radical (unpaired) electrons. The third-order valence-electron chi connectivity index (χ3n) is 3.67. The van der Waals surface area contributed by atoms with Crippen molar-refractivity contribution in [3.8, 4) is 0 Å². The summed E-state index contributed by atoms with van der Waals surface area (Å²) in [5.41, 5.74) is 0.741. The van der Waals surface area contributed by atoms with E-state index in [1.54, 1.807) is 0 Å². The number of nitro groups is 1. The van der Waals surface area contributed by atoms with Crippen LogP contribution in [0.15, 0.2) is 18.2 Å². The molecule has 0 saturated heterocycles. The molecule has 110 valence electrons. The average Bonchev–Trinajstić information content (AvgIpc) is 2.84. The summed E-state index contributed by atoms with van der Waals surface area (Å²) in [6.07, 6.45) is 3.65. The predicted octanol–water partition coefficient (Wildman–Crippen LogP) is 2.74. The number of nitrogens with zero attached hydrogens (tertiary/aromatic N) is 1. The van der Waals surface area contributed by atoms with E-state index in [1.807, 2.05) is 13.0 Å². The highest BCUT2D eigenvalue weighted by Crippen LogP contribution is 2.30. The molecule has 0 aromatic heterocycles. The fraction of sp³-hybridized carbons (Fsp3) is 0.571. The van der Waals surface area contributed by atoms with Crippen LogP contribution in [0.25, 0.3) is 0 Å². The van der Waals surface area contributed by atoms with E-state index in [0.717, 1.165) is 25.7 Å². The molecule has 6 nitrogen and oxygen atoms in total. The largest absolute Gasteiger partial charge is 0.388 e. The Bertz CT molecular complexity index is 485. The van der Waals surface area contributed by atoms with E-state index in [9.17, 15) is 15.2 Å². The molecule has 1 saturated carbocycles. The quantitative estimate of drug-likeness (QED) is 0.550. The standard InChI is InChI=1S/C14H21N3O3/c1-2-15-11-7-12(9-13(8-11)17(19)20)16-10-14(18)5-3-4-6-14/h7-9,15-16,18H,2-6,10H2,1H3. The van der Waals surface area contributed by atoms with Gasteiger partial charge in [0.1, 0.15) is 0 Å². The smallest absolute Gasteiger partial charge is 0.273 e. The zero-order chi connectivity index (χ0) is 14.6. The van der Waals surface area contributed by atoms with Gasteiger partial charge in [0.15, 0.2) is 0 Å². The van der Waals surface area contributed by atoms with Gasteiger partial charge in [-0.25, -0.2) is 0 Å². The second kappa shape index (κ2) is 6.09. The molecule has 1 aromatic carbocycles. The highest BCUT2D eigenvalue weighted by Gasteiger charge is 2.30. The van der Waals surface area contributed by atoms with E-state index >= 15 is 0 Å². The van der Waals surface area contributed by atoms with Crippen LogP contribution >= 0.6 is 0 Å². The topological polar surface area (TPSA) is 87.4 Å². The van der Waals surface area contributed by atoms with Crippen molar-refractivity contribution in [1.29, 1.82) is 0 Å². The van der Waals surface area contributed by atoms with Gasteiger partial charge < -0.3 is 15.7 Å². The zero-order valence-electron chi connectivity index (χ0n) is 11.7. The van der Waals surface area contributed by atoms with Crippen LogP contribution < -0.4 is 10.6 Å². The number of hydrogen-bond donors (Lipinski definition) is 3.